The lowest BCUT2D eigenvalue weighted by Gasteiger charge is -2.14. The summed E-state index contributed by atoms with van der Waals surface area (Å²) in [6.45, 7) is 0. The summed E-state index contributed by atoms with van der Waals surface area (Å²) in [6, 6.07) is 0.595. The number of aromatic carboxylic acids is 1. The van der Waals surface area contributed by atoms with Crippen LogP contribution < -0.4 is 0 Å². The van der Waals surface area contributed by atoms with Crippen LogP contribution in [0.5, 0.6) is 0 Å². The van der Waals surface area contributed by atoms with Crippen molar-refractivity contribution < 1.29 is 31.9 Å². The highest BCUT2D eigenvalue weighted by molar-refractivity contribution is 14.1. The molecule has 1 aromatic heterocycles. The standard InChI is InChI=1S/C8H3F5INO2/c9-6(10)5-4(8(11,12)13)2(14)1-3(15-5)7(16)17/h1,6H,(H,16,17). The molecule has 94 valence electrons. The van der Waals surface area contributed by atoms with Gasteiger partial charge in [-0.25, -0.2) is 18.6 Å². The van der Waals surface area contributed by atoms with Crippen molar-refractivity contribution in [2.45, 2.75) is 12.6 Å². The van der Waals surface area contributed by atoms with Crippen molar-refractivity contribution in [3.05, 3.63) is 26.6 Å². The molecule has 9 heteroatoms. The maximum atomic E-state index is 12.5. The molecule has 0 amide bonds. The number of halogens is 6. The van der Waals surface area contributed by atoms with E-state index in [1.807, 2.05) is 0 Å². The monoisotopic (exact) mass is 367 g/mol. The predicted molar refractivity (Wildman–Crippen MR) is 53.9 cm³/mol. The fraction of sp³-hybridized carbons (Fsp3) is 0.250. The second-order valence-corrected chi connectivity index (χ2v) is 4.02. The molecule has 1 aromatic rings. The van der Waals surface area contributed by atoms with E-state index in [4.69, 9.17) is 5.11 Å². The number of carboxylic acids is 1. The van der Waals surface area contributed by atoms with Gasteiger partial charge in [-0.15, -0.1) is 0 Å². The maximum Gasteiger partial charge on any atom is 0.419 e. The van der Waals surface area contributed by atoms with E-state index in [9.17, 15) is 26.7 Å². The first-order chi connectivity index (χ1) is 7.64. The average Bonchev–Trinajstić information content (AvgIpc) is 2.13. The Bertz CT molecular complexity index is 460. The third-order valence-electron chi connectivity index (χ3n) is 1.71. The van der Waals surface area contributed by atoms with Gasteiger partial charge in [0, 0.05) is 3.57 Å². The van der Waals surface area contributed by atoms with Crippen molar-refractivity contribution >= 4 is 28.6 Å². The van der Waals surface area contributed by atoms with E-state index in [1.54, 1.807) is 0 Å². The van der Waals surface area contributed by atoms with Crippen molar-refractivity contribution in [2.75, 3.05) is 0 Å². The Morgan fingerprint density at radius 1 is 1.41 bits per heavy atom. The van der Waals surface area contributed by atoms with Crippen LogP contribution in [0.25, 0.3) is 0 Å². The molecule has 0 spiro atoms. The van der Waals surface area contributed by atoms with Gasteiger partial charge in [0.15, 0.2) is 0 Å². The molecule has 0 aromatic carbocycles. The van der Waals surface area contributed by atoms with Gasteiger partial charge < -0.3 is 5.11 Å². The molecular formula is C8H3F5INO2. The molecule has 0 aliphatic carbocycles. The van der Waals surface area contributed by atoms with Crippen LogP contribution in [0.1, 0.15) is 28.2 Å². The Balaban J connectivity index is 3.55. The SMILES string of the molecule is O=C(O)c1cc(I)c(C(F)(F)F)c(C(F)F)n1. The molecule has 0 radical (unpaired) electrons. The molecule has 0 unspecified atom stereocenters. The van der Waals surface area contributed by atoms with E-state index >= 15 is 0 Å². The molecule has 0 aliphatic heterocycles. The predicted octanol–water partition coefficient (Wildman–Crippen LogP) is 3.34. The van der Waals surface area contributed by atoms with Gasteiger partial charge in [-0.1, -0.05) is 0 Å². The summed E-state index contributed by atoms with van der Waals surface area (Å²) >= 11 is 1.15. The van der Waals surface area contributed by atoms with Gasteiger partial charge in [0.2, 0.25) is 0 Å². The highest BCUT2D eigenvalue weighted by atomic mass is 127. The number of carboxylic acid groups (broad SMARTS) is 1. The summed E-state index contributed by atoms with van der Waals surface area (Å²) in [4.78, 5) is 13.3. The van der Waals surface area contributed by atoms with Crippen LogP contribution in [0.4, 0.5) is 22.0 Å². The zero-order valence-corrected chi connectivity index (χ0v) is 9.88. The zero-order chi connectivity index (χ0) is 13.4. The third-order valence-corrected chi connectivity index (χ3v) is 2.56. The number of aromatic nitrogens is 1. The minimum atomic E-state index is -5.01. The van der Waals surface area contributed by atoms with Crippen LogP contribution in [0.2, 0.25) is 0 Å². The number of hydrogen-bond donors (Lipinski definition) is 1. The fourth-order valence-electron chi connectivity index (χ4n) is 1.08. The summed E-state index contributed by atoms with van der Waals surface area (Å²) in [5.41, 5.74) is -4.02. The largest absolute Gasteiger partial charge is 0.477 e. The molecule has 0 aliphatic rings. The molecule has 0 fully saturated rings. The molecule has 1 heterocycles. The smallest absolute Gasteiger partial charge is 0.419 e. The van der Waals surface area contributed by atoms with Crippen molar-refractivity contribution in [1.29, 1.82) is 0 Å². The molecule has 0 atom stereocenters. The van der Waals surface area contributed by atoms with Gasteiger partial charge in [0.1, 0.15) is 11.4 Å². The molecule has 1 rings (SSSR count). The van der Waals surface area contributed by atoms with Gasteiger partial charge in [-0.05, 0) is 28.7 Å². The van der Waals surface area contributed by atoms with Gasteiger partial charge in [0.05, 0.1) is 5.56 Å². The summed E-state index contributed by atoms with van der Waals surface area (Å²) in [5, 5.41) is 8.52. The molecule has 17 heavy (non-hydrogen) atoms. The summed E-state index contributed by atoms with van der Waals surface area (Å²) in [7, 11) is 0. The average molecular weight is 367 g/mol. The van der Waals surface area contributed by atoms with E-state index in [0.29, 0.717) is 6.07 Å². The Kier molecular flexibility index (Phi) is 3.89. The highest BCUT2D eigenvalue weighted by Gasteiger charge is 2.39. The van der Waals surface area contributed by atoms with Crippen molar-refractivity contribution in [2.24, 2.45) is 0 Å². The van der Waals surface area contributed by atoms with E-state index in [0.717, 1.165) is 22.6 Å². The minimum absolute atomic E-state index is 0.595. The summed E-state index contributed by atoms with van der Waals surface area (Å²) < 4.78 is 61.6. The lowest BCUT2D eigenvalue weighted by Crippen LogP contribution is -2.16. The molecule has 3 nitrogen and oxygen atoms in total. The quantitative estimate of drug-likeness (QED) is 0.645. The van der Waals surface area contributed by atoms with E-state index in [1.165, 1.54) is 0 Å². The first kappa shape index (κ1) is 14.1. The second-order valence-electron chi connectivity index (χ2n) is 2.85. The highest BCUT2D eigenvalue weighted by Crippen LogP contribution is 2.38. The molecule has 0 bridgehead atoms. The molecule has 1 N–H and O–H groups in total. The van der Waals surface area contributed by atoms with E-state index < -0.39 is 39.1 Å². The van der Waals surface area contributed by atoms with Gasteiger partial charge in [0.25, 0.3) is 6.43 Å². The van der Waals surface area contributed by atoms with Crippen molar-refractivity contribution in [3.63, 3.8) is 0 Å². The van der Waals surface area contributed by atoms with Gasteiger partial charge in [-0.3, -0.25) is 0 Å². The van der Waals surface area contributed by atoms with E-state index in [2.05, 4.69) is 4.98 Å². The van der Waals surface area contributed by atoms with Crippen molar-refractivity contribution in [3.8, 4) is 0 Å². The number of rotatable bonds is 2. The topological polar surface area (TPSA) is 50.2 Å². The Morgan fingerprint density at radius 2 is 1.94 bits per heavy atom. The van der Waals surface area contributed by atoms with Crippen LogP contribution in [0, 0.1) is 3.57 Å². The number of pyridine rings is 1. The number of carbonyl (C=O) groups is 1. The zero-order valence-electron chi connectivity index (χ0n) is 7.73. The molecule has 0 saturated heterocycles. The van der Waals surface area contributed by atoms with E-state index in [-0.39, 0.29) is 0 Å². The Hall–Kier alpha value is -1.00. The first-order valence-corrected chi connectivity index (χ1v) is 5.01. The van der Waals surface area contributed by atoms with Crippen molar-refractivity contribution in [1.82, 2.24) is 4.98 Å². The number of hydrogen-bond acceptors (Lipinski definition) is 2. The number of nitrogens with zero attached hydrogens (tertiary/aromatic N) is 1. The van der Waals surface area contributed by atoms with Crippen LogP contribution >= 0.6 is 22.6 Å². The third kappa shape index (κ3) is 3.01. The lowest BCUT2D eigenvalue weighted by atomic mass is 10.1. The molecule has 0 saturated carbocycles. The van der Waals surface area contributed by atoms with Crippen LogP contribution in [-0.4, -0.2) is 16.1 Å². The maximum absolute atomic E-state index is 12.5. The second kappa shape index (κ2) is 4.70. The normalized spacial score (nSPS) is 11.9. The fourth-order valence-corrected chi connectivity index (χ4v) is 1.96. The Labute approximate surface area is 105 Å². The molecular weight excluding hydrogens is 364 g/mol. The minimum Gasteiger partial charge on any atom is -0.477 e. The van der Waals surface area contributed by atoms with Gasteiger partial charge >= 0.3 is 12.1 Å². The lowest BCUT2D eigenvalue weighted by molar-refractivity contribution is -0.140. The Morgan fingerprint density at radius 3 is 2.29 bits per heavy atom. The van der Waals surface area contributed by atoms with Crippen LogP contribution in [-0.2, 0) is 6.18 Å². The van der Waals surface area contributed by atoms with Crippen LogP contribution in [0.15, 0.2) is 6.07 Å². The summed E-state index contributed by atoms with van der Waals surface area (Å²) in [5.74, 6) is -1.67. The van der Waals surface area contributed by atoms with Crippen LogP contribution in [0.3, 0.4) is 0 Å². The number of alkyl halides is 5. The first-order valence-electron chi connectivity index (χ1n) is 3.93. The summed E-state index contributed by atoms with van der Waals surface area (Å²) in [6.07, 6.45) is -8.51. The van der Waals surface area contributed by atoms with Gasteiger partial charge in [-0.2, -0.15) is 13.2 Å².